The number of amides is 3. The van der Waals surface area contributed by atoms with Gasteiger partial charge in [-0.2, -0.15) is 5.26 Å². The third kappa shape index (κ3) is 6.88. The Morgan fingerprint density at radius 1 is 1.17 bits per heavy atom. The minimum Gasteiger partial charge on any atom is -0.486 e. The number of anilines is 1. The molecule has 1 aliphatic heterocycles. The largest absolute Gasteiger partial charge is 0.486 e. The molecule has 0 saturated carbocycles. The molecule has 0 spiro atoms. The summed E-state index contributed by atoms with van der Waals surface area (Å²) >= 11 is 0. The molecule has 10 nitrogen and oxygen atoms in total. The normalized spacial score (nSPS) is 12.6. The second kappa shape index (κ2) is 11.9. The summed E-state index contributed by atoms with van der Waals surface area (Å²) in [5.41, 5.74) is 2.83. The van der Waals surface area contributed by atoms with Gasteiger partial charge in [-0.25, -0.2) is 9.59 Å². The average Bonchev–Trinajstić information content (AvgIpc) is 3.11. The van der Waals surface area contributed by atoms with Crippen LogP contribution in [0.2, 0.25) is 0 Å². The van der Waals surface area contributed by atoms with Gasteiger partial charge < -0.3 is 24.1 Å². The third-order valence-corrected chi connectivity index (χ3v) is 5.57. The Labute approximate surface area is 209 Å². The van der Waals surface area contributed by atoms with Crippen molar-refractivity contribution < 1.29 is 28.6 Å². The van der Waals surface area contributed by atoms with Gasteiger partial charge in [0.15, 0.2) is 18.1 Å². The Hall–Kier alpha value is -4.26. The second-order valence-electron chi connectivity index (χ2n) is 8.77. The molecule has 2 N–H and O–H groups in total. The zero-order valence-electron chi connectivity index (χ0n) is 20.8. The van der Waals surface area contributed by atoms with Crippen molar-refractivity contribution in [2.24, 2.45) is 5.92 Å². The van der Waals surface area contributed by atoms with E-state index in [0.717, 1.165) is 29.9 Å². The Morgan fingerprint density at radius 2 is 1.89 bits per heavy atom. The molecule has 0 fully saturated rings. The van der Waals surface area contributed by atoms with Gasteiger partial charge in [-0.3, -0.25) is 10.1 Å². The SMILES string of the molecule is Cc1cc(/C=C(\C#N)C(=O)OCC(=O)NC(=O)Nc2ccc3c(c2)OCCO3)c(C)n1CCC(C)C. The van der Waals surface area contributed by atoms with Crippen LogP contribution in [0.3, 0.4) is 0 Å². The number of aryl methyl sites for hydroxylation is 1. The molecule has 1 aliphatic rings. The number of hydrogen-bond donors (Lipinski definition) is 2. The lowest BCUT2D eigenvalue weighted by Crippen LogP contribution is -2.37. The molecule has 3 rings (SSSR count). The Balaban J connectivity index is 1.54. The third-order valence-electron chi connectivity index (χ3n) is 5.57. The van der Waals surface area contributed by atoms with E-state index < -0.39 is 24.5 Å². The van der Waals surface area contributed by atoms with E-state index in [1.54, 1.807) is 18.2 Å². The van der Waals surface area contributed by atoms with Crippen molar-refractivity contribution in [1.82, 2.24) is 9.88 Å². The number of fused-ring (bicyclic) bond motifs is 1. The number of nitrogens with one attached hydrogen (secondary N) is 2. The number of urea groups is 1. The number of carbonyl (C=O) groups is 3. The molecule has 1 aromatic heterocycles. The van der Waals surface area contributed by atoms with Crippen LogP contribution in [-0.4, -0.2) is 42.3 Å². The minimum absolute atomic E-state index is 0.243. The molecule has 3 amide bonds. The van der Waals surface area contributed by atoms with Gasteiger partial charge in [0.25, 0.3) is 5.91 Å². The molecule has 0 unspecified atom stereocenters. The number of rotatable bonds is 8. The van der Waals surface area contributed by atoms with Gasteiger partial charge >= 0.3 is 12.0 Å². The number of esters is 1. The van der Waals surface area contributed by atoms with Crippen molar-refractivity contribution in [3.8, 4) is 17.6 Å². The first-order valence-electron chi connectivity index (χ1n) is 11.6. The summed E-state index contributed by atoms with van der Waals surface area (Å²) in [6.45, 7) is 9.15. The van der Waals surface area contributed by atoms with E-state index in [1.165, 1.54) is 6.08 Å². The van der Waals surface area contributed by atoms with E-state index in [4.69, 9.17) is 14.2 Å². The molecule has 0 aliphatic carbocycles. The van der Waals surface area contributed by atoms with Crippen LogP contribution in [-0.2, 0) is 20.9 Å². The highest BCUT2D eigenvalue weighted by Gasteiger charge is 2.18. The zero-order chi connectivity index (χ0) is 26.2. The van der Waals surface area contributed by atoms with E-state index in [0.29, 0.717) is 36.3 Å². The molecule has 0 saturated heterocycles. The monoisotopic (exact) mass is 494 g/mol. The van der Waals surface area contributed by atoms with Crippen LogP contribution in [0, 0.1) is 31.1 Å². The summed E-state index contributed by atoms with van der Waals surface area (Å²) in [6, 6.07) is 7.73. The van der Waals surface area contributed by atoms with Crippen LogP contribution in [0.25, 0.3) is 6.08 Å². The highest BCUT2D eigenvalue weighted by atomic mass is 16.6. The van der Waals surface area contributed by atoms with Gasteiger partial charge in [-0.05, 0) is 56.0 Å². The molecule has 2 heterocycles. The van der Waals surface area contributed by atoms with Gasteiger partial charge in [-0.15, -0.1) is 0 Å². The summed E-state index contributed by atoms with van der Waals surface area (Å²) in [4.78, 5) is 36.6. The summed E-state index contributed by atoms with van der Waals surface area (Å²) < 4.78 is 18.0. The van der Waals surface area contributed by atoms with Crippen LogP contribution < -0.4 is 20.1 Å². The number of nitriles is 1. The van der Waals surface area contributed by atoms with Crippen molar-refractivity contribution in [3.63, 3.8) is 0 Å². The van der Waals surface area contributed by atoms with Crippen molar-refractivity contribution in [1.29, 1.82) is 5.26 Å². The predicted molar refractivity (Wildman–Crippen MR) is 133 cm³/mol. The molecule has 36 heavy (non-hydrogen) atoms. The van der Waals surface area contributed by atoms with Crippen molar-refractivity contribution in [2.75, 3.05) is 25.1 Å². The standard InChI is InChI=1S/C26H30N4O6/c1-16(2)7-8-30-17(3)11-19(18(30)4)12-20(14-27)25(32)36-15-24(31)29-26(33)28-21-5-6-22-23(13-21)35-10-9-34-22/h5-6,11-13,16H,7-10,15H2,1-4H3,(H2,28,29,31,33)/b20-12+. The van der Waals surface area contributed by atoms with Crippen molar-refractivity contribution in [3.05, 3.63) is 46.8 Å². The molecule has 10 heteroatoms. The molecule has 1 aromatic carbocycles. The van der Waals surface area contributed by atoms with Gasteiger partial charge in [0.05, 0.1) is 0 Å². The fourth-order valence-corrected chi connectivity index (χ4v) is 3.65. The van der Waals surface area contributed by atoms with Gasteiger partial charge in [0, 0.05) is 29.7 Å². The first kappa shape index (κ1) is 26.3. The number of nitrogens with zero attached hydrogens (tertiary/aromatic N) is 2. The van der Waals surface area contributed by atoms with E-state index >= 15 is 0 Å². The first-order valence-corrected chi connectivity index (χ1v) is 11.6. The molecule has 190 valence electrons. The zero-order valence-corrected chi connectivity index (χ0v) is 20.8. The summed E-state index contributed by atoms with van der Waals surface area (Å²) in [5, 5.41) is 14.0. The molecule has 0 radical (unpaired) electrons. The minimum atomic E-state index is -0.952. The molecular formula is C26H30N4O6. The van der Waals surface area contributed by atoms with Gasteiger partial charge in [-0.1, -0.05) is 13.8 Å². The van der Waals surface area contributed by atoms with Crippen LogP contribution in [0.1, 0.15) is 37.2 Å². The Kier molecular flexibility index (Phi) is 8.73. The summed E-state index contributed by atoms with van der Waals surface area (Å²) in [7, 11) is 0. The number of ether oxygens (including phenoxy) is 3. The van der Waals surface area contributed by atoms with Crippen LogP contribution >= 0.6 is 0 Å². The molecular weight excluding hydrogens is 464 g/mol. The smallest absolute Gasteiger partial charge is 0.349 e. The lowest BCUT2D eigenvalue weighted by Gasteiger charge is -2.19. The number of hydrogen-bond acceptors (Lipinski definition) is 7. The molecule has 0 bridgehead atoms. The lowest BCUT2D eigenvalue weighted by molar-refractivity contribution is -0.144. The molecule has 0 atom stereocenters. The van der Waals surface area contributed by atoms with Crippen LogP contribution in [0.4, 0.5) is 10.5 Å². The Bertz CT molecular complexity index is 1220. The fraction of sp³-hybridized carbons (Fsp3) is 0.385. The van der Waals surface area contributed by atoms with E-state index in [9.17, 15) is 19.6 Å². The number of imide groups is 1. The van der Waals surface area contributed by atoms with Crippen LogP contribution in [0.5, 0.6) is 11.5 Å². The predicted octanol–water partition coefficient (Wildman–Crippen LogP) is 3.72. The van der Waals surface area contributed by atoms with Gasteiger partial charge in [0.2, 0.25) is 0 Å². The maximum atomic E-state index is 12.4. The molecule has 2 aromatic rings. The average molecular weight is 495 g/mol. The number of aromatic nitrogens is 1. The van der Waals surface area contributed by atoms with Crippen LogP contribution in [0.15, 0.2) is 29.8 Å². The number of benzene rings is 1. The van der Waals surface area contributed by atoms with Gasteiger partial charge in [0.1, 0.15) is 24.9 Å². The topological polar surface area (TPSA) is 132 Å². The summed E-state index contributed by atoms with van der Waals surface area (Å²) in [6.07, 6.45) is 2.45. The lowest BCUT2D eigenvalue weighted by atomic mass is 10.1. The van der Waals surface area contributed by atoms with E-state index in [1.807, 2.05) is 26.0 Å². The highest BCUT2D eigenvalue weighted by molar-refractivity contribution is 6.03. The highest BCUT2D eigenvalue weighted by Crippen LogP contribution is 2.32. The Morgan fingerprint density at radius 3 is 2.58 bits per heavy atom. The summed E-state index contributed by atoms with van der Waals surface area (Å²) in [5.74, 6) is -0.205. The van der Waals surface area contributed by atoms with Crippen molar-refractivity contribution >= 4 is 29.7 Å². The fourth-order valence-electron chi connectivity index (χ4n) is 3.65. The van der Waals surface area contributed by atoms with E-state index in [2.05, 4.69) is 29.0 Å². The van der Waals surface area contributed by atoms with E-state index in [-0.39, 0.29) is 5.57 Å². The maximum absolute atomic E-state index is 12.4. The number of carbonyl (C=O) groups excluding carboxylic acids is 3. The van der Waals surface area contributed by atoms with Crippen molar-refractivity contribution in [2.45, 2.75) is 40.7 Å². The maximum Gasteiger partial charge on any atom is 0.349 e. The first-order chi connectivity index (χ1) is 17.2. The second-order valence-corrected chi connectivity index (χ2v) is 8.77. The quantitative estimate of drug-likeness (QED) is 0.325.